The lowest BCUT2D eigenvalue weighted by Crippen LogP contribution is -2.61. The Balaban J connectivity index is 1.46. The highest BCUT2D eigenvalue weighted by atomic mass is 16.5. The molecule has 3 N–H and O–H groups in total. The molecule has 1 aliphatic heterocycles. The summed E-state index contributed by atoms with van der Waals surface area (Å²) in [6, 6.07) is 0.346. The maximum Gasteiger partial charge on any atom is 0.252 e. The topological polar surface area (TPSA) is 102 Å². The van der Waals surface area contributed by atoms with Crippen LogP contribution in [0.4, 0.5) is 5.95 Å². The van der Waals surface area contributed by atoms with E-state index in [0.717, 1.165) is 32.1 Å². The minimum Gasteiger partial charge on any atom is -0.390 e. The van der Waals surface area contributed by atoms with E-state index in [1.165, 1.54) is 12.8 Å². The van der Waals surface area contributed by atoms with Crippen LogP contribution < -0.4 is 10.6 Å². The number of rotatable bonds is 4. The van der Waals surface area contributed by atoms with Crippen LogP contribution in [0.1, 0.15) is 67.1 Å². The molecule has 2 heterocycles. The molecule has 6 rings (SSSR count). The summed E-state index contributed by atoms with van der Waals surface area (Å²) in [7, 11) is 2.05. The van der Waals surface area contributed by atoms with Crippen LogP contribution in [0.3, 0.4) is 0 Å². The van der Waals surface area contributed by atoms with E-state index in [4.69, 9.17) is 15.5 Å². The van der Waals surface area contributed by atoms with Crippen molar-refractivity contribution in [2.45, 2.75) is 62.7 Å². The molecule has 7 heteroatoms. The first-order valence-corrected chi connectivity index (χ1v) is 10.2. The number of primary amides is 1. The summed E-state index contributed by atoms with van der Waals surface area (Å²) in [6.07, 6.45) is 8.30. The van der Waals surface area contributed by atoms with Gasteiger partial charge >= 0.3 is 0 Å². The second-order valence-electron chi connectivity index (χ2n) is 9.13. The van der Waals surface area contributed by atoms with E-state index >= 15 is 0 Å². The fourth-order valence-corrected chi connectivity index (χ4v) is 6.50. The van der Waals surface area contributed by atoms with Gasteiger partial charge in [-0.2, -0.15) is 0 Å². The molecule has 4 bridgehead atoms. The zero-order valence-electron chi connectivity index (χ0n) is 15.8. The number of nitrogens with two attached hydrogens (primary N) is 1. The van der Waals surface area contributed by atoms with Crippen molar-refractivity contribution in [3.63, 3.8) is 0 Å². The molecule has 1 amide bonds. The van der Waals surface area contributed by atoms with Crippen molar-refractivity contribution in [3.8, 4) is 0 Å². The van der Waals surface area contributed by atoms with E-state index < -0.39 is 11.5 Å². The number of amides is 1. The average Bonchev–Trinajstić information content (AvgIpc) is 3.13. The van der Waals surface area contributed by atoms with Gasteiger partial charge in [-0.1, -0.05) is 0 Å². The van der Waals surface area contributed by atoms with Crippen molar-refractivity contribution in [2.75, 3.05) is 18.6 Å². The van der Waals surface area contributed by atoms with Crippen molar-refractivity contribution < 1.29 is 14.6 Å². The van der Waals surface area contributed by atoms with Gasteiger partial charge in [-0.3, -0.25) is 4.79 Å². The van der Waals surface area contributed by atoms with Gasteiger partial charge < -0.3 is 20.5 Å². The summed E-state index contributed by atoms with van der Waals surface area (Å²) < 4.78 is 5.77. The lowest BCUT2D eigenvalue weighted by atomic mass is 9.52. The second-order valence-corrected chi connectivity index (χ2v) is 9.13. The molecule has 1 aromatic rings. The van der Waals surface area contributed by atoms with E-state index in [1.54, 1.807) is 6.20 Å². The van der Waals surface area contributed by atoms with E-state index in [2.05, 4.69) is 16.9 Å². The van der Waals surface area contributed by atoms with Crippen LogP contribution in [-0.4, -0.2) is 46.3 Å². The summed E-state index contributed by atoms with van der Waals surface area (Å²) in [5.41, 5.74) is 6.08. The minimum atomic E-state index is -0.508. The van der Waals surface area contributed by atoms with Gasteiger partial charge in [0.05, 0.1) is 16.9 Å². The summed E-state index contributed by atoms with van der Waals surface area (Å²) in [5.74, 6) is 1.76. The summed E-state index contributed by atoms with van der Waals surface area (Å²) >= 11 is 0. The number of carbonyl (C=O) groups excluding carboxylic acids is 1. The van der Waals surface area contributed by atoms with Crippen molar-refractivity contribution >= 4 is 11.9 Å². The highest BCUT2D eigenvalue weighted by Gasteiger charge is 2.56. The number of hydrogen-bond donors (Lipinski definition) is 2. The largest absolute Gasteiger partial charge is 0.390 e. The smallest absolute Gasteiger partial charge is 0.252 e. The number of aliphatic hydroxyl groups is 1. The van der Waals surface area contributed by atoms with Gasteiger partial charge in [0.2, 0.25) is 5.95 Å². The van der Waals surface area contributed by atoms with Crippen molar-refractivity contribution in [1.29, 1.82) is 0 Å². The lowest BCUT2D eigenvalue weighted by molar-refractivity contribution is -0.133. The maximum absolute atomic E-state index is 11.8. The first-order chi connectivity index (χ1) is 12.9. The Morgan fingerprint density at radius 2 is 2.07 bits per heavy atom. The van der Waals surface area contributed by atoms with Crippen molar-refractivity contribution in [3.05, 3.63) is 17.5 Å². The quantitative estimate of drug-likeness (QED) is 0.836. The van der Waals surface area contributed by atoms with Crippen LogP contribution in [0.5, 0.6) is 0 Å². The molecule has 4 aliphatic carbocycles. The summed E-state index contributed by atoms with van der Waals surface area (Å²) in [5, 5.41) is 10.8. The first-order valence-electron chi connectivity index (χ1n) is 10.2. The van der Waals surface area contributed by atoms with E-state index in [1.807, 2.05) is 0 Å². The highest BCUT2D eigenvalue weighted by molar-refractivity contribution is 5.93. The molecule has 5 fully saturated rings. The van der Waals surface area contributed by atoms with Gasteiger partial charge in [0, 0.05) is 25.9 Å². The third-order valence-electron chi connectivity index (χ3n) is 7.26. The molecule has 1 aromatic heterocycles. The summed E-state index contributed by atoms with van der Waals surface area (Å²) in [6.45, 7) is 0.685. The number of aromatic nitrogens is 2. The molecule has 0 aromatic carbocycles. The van der Waals surface area contributed by atoms with Crippen molar-refractivity contribution in [1.82, 2.24) is 9.97 Å². The van der Waals surface area contributed by atoms with Crippen LogP contribution in [0.25, 0.3) is 0 Å². The monoisotopic (exact) mass is 372 g/mol. The summed E-state index contributed by atoms with van der Waals surface area (Å²) in [4.78, 5) is 23.3. The standard InChI is InChI=1S/C20H28N4O3/c1-24(17-12-5-11-6-13(17)9-20(26,7-11)8-12)19-22-10-14(18(21)25)16(23-19)15-3-2-4-27-15/h10-13,15,17,26H,2-9H2,1H3,(H2,21,25). The van der Waals surface area contributed by atoms with Gasteiger partial charge in [-0.25, -0.2) is 9.97 Å². The predicted octanol–water partition coefficient (Wildman–Crippen LogP) is 1.80. The maximum atomic E-state index is 11.8. The molecule has 0 radical (unpaired) electrons. The lowest BCUT2D eigenvalue weighted by Gasteiger charge is -2.59. The average molecular weight is 372 g/mol. The third kappa shape index (κ3) is 2.83. The van der Waals surface area contributed by atoms with E-state index in [9.17, 15) is 9.90 Å². The SMILES string of the molecule is CN(c1ncc(C(N)=O)c(C2CCCO2)n1)C1C2CC3CC1CC(O)(C3)C2. The van der Waals surface area contributed by atoms with Gasteiger partial charge in [0.1, 0.15) is 6.10 Å². The zero-order valence-corrected chi connectivity index (χ0v) is 15.8. The molecule has 3 unspecified atom stereocenters. The van der Waals surface area contributed by atoms with Crippen LogP contribution in [0.2, 0.25) is 0 Å². The highest BCUT2D eigenvalue weighted by Crippen LogP contribution is 2.57. The molecule has 5 aliphatic rings. The number of carbonyl (C=O) groups is 1. The number of nitrogens with zero attached hydrogens (tertiary/aromatic N) is 3. The molecular formula is C20H28N4O3. The Bertz CT molecular complexity index is 748. The van der Waals surface area contributed by atoms with E-state index in [-0.39, 0.29) is 6.10 Å². The van der Waals surface area contributed by atoms with Crippen LogP contribution in [0, 0.1) is 17.8 Å². The Kier molecular flexibility index (Phi) is 3.95. The van der Waals surface area contributed by atoms with Crippen LogP contribution >= 0.6 is 0 Å². The fourth-order valence-electron chi connectivity index (χ4n) is 6.50. The molecule has 7 nitrogen and oxygen atoms in total. The van der Waals surface area contributed by atoms with Gasteiger partial charge in [-0.15, -0.1) is 0 Å². The van der Waals surface area contributed by atoms with Gasteiger partial charge in [0.15, 0.2) is 0 Å². The van der Waals surface area contributed by atoms with Crippen LogP contribution in [-0.2, 0) is 4.74 Å². The normalized spacial score (nSPS) is 39.7. The van der Waals surface area contributed by atoms with Gasteiger partial charge in [-0.05, 0) is 62.7 Å². The Hall–Kier alpha value is -1.73. The molecular weight excluding hydrogens is 344 g/mol. The zero-order chi connectivity index (χ0) is 18.8. The number of ether oxygens (including phenoxy) is 1. The van der Waals surface area contributed by atoms with Crippen LogP contribution in [0.15, 0.2) is 6.20 Å². The molecule has 3 atom stereocenters. The van der Waals surface area contributed by atoms with E-state index in [0.29, 0.717) is 47.6 Å². The minimum absolute atomic E-state index is 0.179. The predicted molar refractivity (Wildman–Crippen MR) is 99.2 cm³/mol. The molecule has 27 heavy (non-hydrogen) atoms. The Morgan fingerprint density at radius 1 is 1.33 bits per heavy atom. The van der Waals surface area contributed by atoms with Gasteiger partial charge in [0.25, 0.3) is 5.91 Å². The fraction of sp³-hybridized carbons (Fsp3) is 0.750. The first kappa shape index (κ1) is 17.4. The molecule has 1 saturated heterocycles. The molecule has 4 saturated carbocycles. The number of hydrogen-bond acceptors (Lipinski definition) is 6. The van der Waals surface area contributed by atoms with Crippen molar-refractivity contribution in [2.24, 2.45) is 23.5 Å². The molecule has 146 valence electrons. The molecule has 0 spiro atoms. The number of anilines is 1. The Morgan fingerprint density at radius 3 is 2.67 bits per heavy atom. The second kappa shape index (κ2) is 6.14. The Labute approximate surface area is 159 Å². The third-order valence-corrected chi connectivity index (χ3v) is 7.26.